The van der Waals surface area contributed by atoms with Crippen LogP contribution in [0, 0.1) is 0 Å². The first kappa shape index (κ1) is 7.16. The van der Waals surface area contributed by atoms with Crippen LogP contribution >= 0.6 is 0 Å². The van der Waals surface area contributed by atoms with Crippen molar-refractivity contribution in [3.8, 4) is 5.75 Å². The van der Waals surface area contributed by atoms with Gasteiger partial charge in [0.25, 0.3) is 5.91 Å². The van der Waals surface area contributed by atoms with Crippen molar-refractivity contribution < 1.29 is 9.53 Å². The summed E-state index contributed by atoms with van der Waals surface area (Å²) in [6.45, 7) is 0.637. The quantitative estimate of drug-likeness (QED) is 0.669. The summed E-state index contributed by atoms with van der Waals surface area (Å²) in [6.07, 6.45) is 0. The molecule has 12 heavy (non-hydrogen) atoms. The second kappa shape index (κ2) is 2.52. The lowest BCUT2D eigenvalue weighted by Crippen LogP contribution is -2.12. The van der Waals surface area contributed by atoms with E-state index in [1.165, 1.54) is 0 Å². The van der Waals surface area contributed by atoms with E-state index in [2.05, 4.69) is 5.32 Å². The fourth-order valence-corrected chi connectivity index (χ4v) is 1.32. The van der Waals surface area contributed by atoms with Crippen LogP contribution in [0.2, 0.25) is 0 Å². The minimum atomic E-state index is -0.0103. The number of hydrogen-bond acceptors (Lipinski definition) is 2. The van der Waals surface area contributed by atoms with E-state index in [4.69, 9.17) is 4.74 Å². The number of methoxy groups -OCH3 is 1. The van der Waals surface area contributed by atoms with Crippen LogP contribution in [0.5, 0.6) is 5.75 Å². The van der Waals surface area contributed by atoms with E-state index < -0.39 is 0 Å². The largest absolute Gasteiger partial charge is 0.497 e. The zero-order valence-corrected chi connectivity index (χ0v) is 6.76. The van der Waals surface area contributed by atoms with E-state index >= 15 is 0 Å². The summed E-state index contributed by atoms with van der Waals surface area (Å²) in [5, 5.41) is 2.74. The van der Waals surface area contributed by atoms with Crippen molar-refractivity contribution in [1.82, 2.24) is 5.32 Å². The third-order valence-corrected chi connectivity index (χ3v) is 2.00. The number of benzene rings is 1. The van der Waals surface area contributed by atoms with Gasteiger partial charge in [-0.2, -0.15) is 0 Å². The molecule has 62 valence electrons. The Kier molecular flexibility index (Phi) is 1.50. The topological polar surface area (TPSA) is 38.3 Å². The molecule has 0 radical (unpaired) electrons. The fraction of sp³-hybridized carbons (Fsp3) is 0.222. The number of nitrogens with one attached hydrogen (secondary N) is 1. The maximum absolute atomic E-state index is 11.2. The molecule has 1 aromatic carbocycles. The van der Waals surface area contributed by atoms with Gasteiger partial charge in [-0.25, -0.2) is 0 Å². The van der Waals surface area contributed by atoms with Crippen LogP contribution in [-0.4, -0.2) is 13.0 Å². The molecule has 0 unspecified atom stereocenters. The molecule has 3 heteroatoms. The molecule has 1 amide bonds. The highest BCUT2D eigenvalue weighted by Crippen LogP contribution is 2.20. The van der Waals surface area contributed by atoms with Crippen LogP contribution in [0.15, 0.2) is 18.2 Å². The van der Waals surface area contributed by atoms with Crippen LogP contribution < -0.4 is 10.1 Å². The molecular formula is C9H9NO2. The lowest BCUT2D eigenvalue weighted by molar-refractivity contribution is 0.0965. The van der Waals surface area contributed by atoms with Gasteiger partial charge in [0.1, 0.15) is 5.75 Å². The minimum Gasteiger partial charge on any atom is -0.497 e. The van der Waals surface area contributed by atoms with Gasteiger partial charge in [-0.1, -0.05) is 6.07 Å². The SMILES string of the molecule is COc1ccc2c(c1)C(=O)NC2. The minimum absolute atomic E-state index is 0.0103. The van der Waals surface area contributed by atoms with Crippen LogP contribution in [0.3, 0.4) is 0 Å². The number of fused-ring (bicyclic) bond motifs is 1. The fourth-order valence-electron chi connectivity index (χ4n) is 1.32. The van der Waals surface area contributed by atoms with Crippen molar-refractivity contribution in [3.05, 3.63) is 29.3 Å². The Morgan fingerprint density at radius 1 is 1.50 bits per heavy atom. The van der Waals surface area contributed by atoms with Gasteiger partial charge in [-0.3, -0.25) is 4.79 Å². The summed E-state index contributed by atoms with van der Waals surface area (Å²) >= 11 is 0. The first-order chi connectivity index (χ1) is 5.81. The predicted molar refractivity (Wildman–Crippen MR) is 44.2 cm³/mol. The molecule has 1 aromatic rings. The third-order valence-electron chi connectivity index (χ3n) is 2.00. The molecule has 0 saturated carbocycles. The van der Waals surface area contributed by atoms with Crippen LogP contribution in [0.1, 0.15) is 15.9 Å². The maximum Gasteiger partial charge on any atom is 0.252 e. The summed E-state index contributed by atoms with van der Waals surface area (Å²) < 4.78 is 5.01. The number of amides is 1. The number of ether oxygens (including phenoxy) is 1. The molecule has 1 N–H and O–H groups in total. The average molecular weight is 163 g/mol. The van der Waals surface area contributed by atoms with Crippen molar-refractivity contribution in [2.45, 2.75) is 6.54 Å². The number of carbonyl (C=O) groups is 1. The summed E-state index contributed by atoms with van der Waals surface area (Å²) in [5.74, 6) is 0.717. The van der Waals surface area contributed by atoms with Gasteiger partial charge in [-0.05, 0) is 17.7 Å². The van der Waals surface area contributed by atoms with Gasteiger partial charge in [0, 0.05) is 12.1 Å². The maximum atomic E-state index is 11.2. The molecule has 2 rings (SSSR count). The Bertz CT molecular complexity index is 333. The molecule has 0 atom stereocenters. The van der Waals surface area contributed by atoms with E-state index in [0.717, 1.165) is 16.9 Å². The van der Waals surface area contributed by atoms with Gasteiger partial charge in [0.05, 0.1) is 7.11 Å². The predicted octanol–water partition coefficient (Wildman–Crippen LogP) is 0.939. The standard InChI is InChI=1S/C9H9NO2/c1-12-7-3-2-6-5-10-9(11)8(6)4-7/h2-4H,5H2,1H3,(H,10,11). The molecule has 1 heterocycles. The summed E-state index contributed by atoms with van der Waals surface area (Å²) in [5.41, 5.74) is 1.77. The molecule has 0 bridgehead atoms. The third kappa shape index (κ3) is 0.942. The van der Waals surface area contributed by atoms with E-state index in [1.54, 1.807) is 13.2 Å². The molecule has 1 aliphatic heterocycles. The van der Waals surface area contributed by atoms with E-state index in [0.29, 0.717) is 6.54 Å². The highest BCUT2D eigenvalue weighted by molar-refractivity contribution is 5.98. The Balaban J connectivity index is 2.50. The van der Waals surface area contributed by atoms with Crippen LogP contribution in [0.4, 0.5) is 0 Å². The molecule has 0 aliphatic carbocycles. The molecule has 0 aromatic heterocycles. The number of carbonyl (C=O) groups excluding carboxylic acids is 1. The second-order valence-corrected chi connectivity index (χ2v) is 2.71. The summed E-state index contributed by atoms with van der Waals surface area (Å²) in [6, 6.07) is 5.53. The molecule has 0 spiro atoms. The zero-order valence-electron chi connectivity index (χ0n) is 6.76. The Labute approximate surface area is 70.3 Å². The molecule has 3 nitrogen and oxygen atoms in total. The van der Waals surface area contributed by atoms with Crippen LogP contribution in [0.25, 0.3) is 0 Å². The molecule has 0 fully saturated rings. The van der Waals surface area contributed by atoms with Crippen LogP contribution in [-0.2, 0) is 6.54 Å². The van der Waals surface area contributed by atoms with Gasteiger partial charge in [0.2, 0.25) is 0 Å². The van der Waals surface area contributed by atoms with Crippen molar-refractivity contribution in [3.63, 3.8) is 0 Å². The van der Waals surface area contributed by atoms with Crippen molar-refractivity contribution in [2.75, 3.05) is 7.11 Å². The number of rotatable bonds is 1. The van der Waals surface area contributed by atoms with Crippen molar-refractivity contribution in [2.24, 2.45) is 0 Å². The Morgan fingerprint density at radius 2 is 2.33 bits per heavy atom. The molecular weight excluding hydrogens is 154 g/mol. The van der Waals surface area contributed by atoms with Gasteiger partial charge >= 0.3 is 0 Å². The Morgan fingerprint density at radius 3 is 3.08 bits per heavy atom. The van der Waals surface area contributed by atoms with E-state index in [9.17, 15) is 4.79 Å². The summed E-state index contributed by atoms with van der Waals surface area (Å²) in [7, 11) is 1.59. The van der Waals surface area contributed by atoms with Gasteiger partial charge < -0.3 is 10.1 Å². The summed E-state index contributed by atoms with van der Waals surface area (Å²) in [4.78, 5) is 11.2. The second-order valence-electron chi connectivity index (χ2n) is 2.71. The van der Waals surface area contributed by atoms with Gasteiger partial charge in [-0.15, -0.1) is 0 Å². The zero-order chi connectivity index (χ0) is 8.55. The number of hydrogen-bond donors (Lipinski definition) is 1. The van der Waals surface area contributed by atoms with E-state index in [1.807, 2.05) is 12.1 Å². The molecule has 1 aliphatic rings. The monoisotopic (exact) mass is 163 g/mol. The molecule has 0 saturated heterocycles. The highest BCUT2D eigenvalue weighted by atomic mass is 16.5. The first-order valence-corrected chi connectivity index (χ1v) is 3.76. The highest BCUT2D eigenvalue weighted by Gasteiger charge is 2.18. The van der Waals surface area contributed by atoms with Crippen molar-refractivity contribution in [1.29, 1.82) is 0 Å². The first-order valence-electron chi connectivity index (χ1n) is 3.76. The lowest BCUT2D eigenvalue weighted by Gasteiger charge is -2.00. The Hall–Kier alpha value is -1.51. The van der Waals surface area contributed by atoms with Gasteiger partial charge in [0.15, 0.2) is 0 Å². The lowest BCUT2D eigenvalue weighted by atomic mass is 10.1. The normalized spacial score (nSPS) is 13.9. The average Bonchev–Trinajstić information content (AvgIpc) is 2.47. The van der Waals surface area contributed by atoms with Crippen molar-refractivity contribution >= 4 is 5.91 Å². The van der Waals surface area contributed by atoms with E-state index in [-0.39, 0.29) is 5.91 Å². The smallest absolute Gasteiger partial charge is 0.252 e.